The molecule has 3 aromatic carbocycles. The molecule has 0 aliphatic heterocycles. The molecular weight excluding hydrogens is 384 g/mol. The van der Waals surface area contributed by atoms with Crippen LogP contribution >= 0.6 is 0 Å². The van der Waals surface area contributed by atoms with Gasteiger partial charge in [-0.05, 0) is 35.4 Å². The minimum atomic E-state index is -3.60. The van der Waals surface area contributed by atoms with Crippen molar-refractivity contribution in [1.82, 2.24) is 4.72 Å². The van der Waals surface area contributed by atoms with Gasteiger partial charge < -0.3 is 5.32 Å². The van der Waals surface area contributed by atoms with Gasteiger partial charge in [-0.15, -0.1) is 6.58 Å². The van der Waals surface area contributed by atoms with Gasteiger partial charge in [0.1, 0.15) is 0 Å². The molecular formula is C23H22N2O3S. The van der Waals surface area contributed by atoms with Crippen LogP contribution in [0.5, 0.6) is 0 Å². The first-order chi connectivity index (χ1) is 14.0. The van der Waals surface area contributed by atoms with Gasteiger partial charge in [-0.3, -0.25) is 4.79 Å². The van der Waals surface area contributed by atoms with Crippen LogP contribution in [0.1, 0.15) is 17.0 Å². The van der Waals surface area contributed by atoms with Crippen molar-refractivity contribution < 1.29 is 13.2 Å². The molecule has 0 aliphatic carbocycles. The van der Waals surface area contributed by atoms with E-state index in [9.17, 15) is 13.2 Å². The molecule has 0 spiro atoms. The zero-order chi connectivity index (χ0) is 20.7. The molecule has 0 bridgehead atoms. The van der Waals surface area contributed by atoms with Gasteiger partial charge in [0.2, 0.25) is 15.9 Å². The quantitative estimate of drug-likeness (QED) is 0.557. The Kier molecular flexibility index (Phi) is 6.59. The number of nitrogens with one attached hydrogen (secondary N) is 2. The van der Waals surface area contributed by atoms with Crippen molar-refractivity contribution in [1.29, 1.82) is 0 Å². The fraction of sp³-hybridized carbons (Fsp3) is 0.0870. The first-order valence-electron chi connectivity index (χ1n) is 9.12. The van der Waals surface area contributed by atoms with E-state index < -0.39 is 15.9 Å². The van der Waals surface area contributed by atoms with Gasteiger partial charge in [0, 0.05) is 12.2 Å². The summed E-state index contributed by atoms with van der Waals surface area (Å²) in [5.41, 5.74) is 2.28. The van der Waals surface area contributed by atoms with E-state index in [0.29, 0.717) is 5.69 Å². The number of carbonyl (C=O) groups is 1. The Hall–Kier alpha value is -3.22. The average molecular weight is 407 g/mol. The third kappa shape index (κ3) is 5.19. The van der Waals surface area contributed by atoms with E-state index in [1.54, 1.807) is 12.1 Å². The molecule has 0 fully saturated rings. The van der Waals surface area contributed by atoms with Crippen LogP contribution in [0.15, 0.2) is 102 Å². The predicted octanol–water partition coefficient (Wildman–Crippen LogP) is 3.92. The van der Waals surface area contributed by atoms with E-state index in [1.165, 1.54) is 18.2 Å². The lowest BCUT2D eigenvalue weighted by atomic mass is 9.90. The number of amides is 1. The fourth-order valence-electron chi connectivity index (χ4n) is 2.97. The highest BCUT2D eigenvalue weighted by Crippen LogP contribution is 2.26. The normalized spacial score (nSPS) is 11.2. The number of rotatable bonds is 8. The van der Waals surface area contributed by atoms with Crippen LogP contribution in [0.25, 0.3) is 0 Å². The minimum Gasteiger partial charge on any atom is -0.325 e. The smallest absolute Gasteiger partial charge is 0.240 e. The zero-order valence-electron chi connectivity index (χ0n) is 15.8. The molecule has 1 amide bonds. The highest BCUT2D eigenvalue weighted by molar-refractivity contribution is 7.89. The van der Waals surface area contributed by atoms with Crippen LogP contribution in [0.3, 0.4) is 0 Å². The van der Waals surface area contributed by atoms with Crippen LogP contribution in [-0.4, -0.2) is 20.9 Å². The summed E-state index contributed by atoms with van der Waals surface area (Å²) < 4.78 is 26.7. The molecule has 0 saturated carbocycles. The fourth-order valence-corrected chi connectivity index (χ4v) is 3.97. The molecule has 0 atom stereocenters. The number of hydrogen-bond acceptors (Lipinski definition) is 3. The van der Waals surface area contributed by atoms with Crippen LogP contribution in [0.4, 0.5) is 5.69 Å². The molecule has 0 aromatic heterocycles. The molecule has 0 saturated heterocycles. The molecule has 3 rings (SSSR count). The highest BCUT2D eigenvalue weighted by atomic mass is 32.2. The molecule has 3 aromatic rings. The molecule has 5 nitrogen and oxygen atoms in total. The number of sulfonamides is 1. The van der Waals surface area contributed by atoms with Crippen LogP contribution < -0.4 is 10.0 Å². The summed E-state index contributed by atoms with van der Waals surface area (Å²) in [6.07, 6.45) is 1.47. The summed E-state index contributed by atoms with van der Waals surface area (Å²) >= 11 is 0. The Morgan fingerprint density at radius 2 is 1.38 bits per heavy atom. The van der Waals surface area contributed by atoms with Crippen molar-refractivity contribution in [3.63, 3.8) is 0 Å². The summed E-state index contributed by atoms with van der Waals surface area (Å²) in [5, 5.41) is 2.89. The Morgan fingerprint density at radius 1 is 0.862 bits per heavy atom. The van der Waals surface area contributed by atoms with Gasteiger partial charge in [-0.2, -0.15) is 0 Å². The second-order valence-electron chi connectivity index (χ2n) is 6.41. The molecule has 0 aliphatic rings. The monoisotopic (exact) mass is 406 g/mol. The Labute approximate surface area is 171 Å². The molecule has 0 unspecified atom stereocenters. The lowest BCUT2D eigenvalue weighted by Gasteiger charge is -2.18. The molecule has 0 radical (unpaired) electrons. The SMILES string of the molecule is C=CCNS(=O)(=O)c1ccc(NC(=O)C(c2ccccc2)c2ccccc2)cc1. The highest BCUT2D eigenvalue weighted by Gasteiger charge is 2.23. The standard InChI is InChI=1S/C23H22N2O3S/c1-2-17-24-29(27,28)21-15-13-20(14-16-21)25-23(26)22(18-9-5-3-6-10-18)19-11-7-4-8-12-19/h2-16,22,24H,1,17H2,(H,25,26). The largest absolute Gasteiger partial charge is 0.325 e. The van der Waals surface area contributed by atoms with Gasteiger partial charge in [-0.1, -0.05) is 66.7 Å². The third-order valence-corrected chi connectivity index (χ3v) is 5.82. The van der Waals surface area contributed by atoms with E-state index in [0.717, 1.165) is 11.1 Å². The Morgan fingerprint density at radius 3 is 1.86 bits per heavy atom. The zero-order valence-corrected chi connectivity index (χ0v) is 16.6. The minimum absolute atomic E-state index is 0.125. The maximum atomic E-state index is 13.1. The van der Waals surface area contributed by atoms with Crippen molar-refractivity contribution in [3.8, 4) is 0 Å². The first kappa shape index (κ1) is 20.5. The number of anilines is 1. The van der Waals surface area contributed by atoms with Crippen molar-refractivity contribution >= 4 is 21.6 Å². The summed E-state index contributed by atoms with van der Waals surface area (Å²) in [4.78, 5) is 13.2. The number of carbonyl (C=O) groups excluding carboxylic acids is 1. The molecule has 29 heavy (non-hydrogen) atoms. The van der Waals surface area contributed by atoms with E-state index >= 15 is 0 Å². The maximum Gasteiger partial charge on any atom is 0.240 e. The molecule has 6 heteroatoms. The number of benzene rings is 3. The van der Waals surface area contributed by atoms with Gasteiger partial charge in [0.25, 0.3) is 0 Å². The van der Waals surface area contributed by atoms with Crippen LogP contribution in [0, 0.1) is 0 Å². The Bertz CT molecular complexity index is 1020. The van der Waals surface area contributed by atoms with Gasteiger partial charge in [0.05, 0.1) is 10.8 Å². The van der Waals surface area contributed by atoms with E-state index in [2.05, 4.69) is 16.6 Å². The van der Waals surface area contributed by atoms with E-state index in [4.69, 9.17) is 0 Å². The maximum absolute atomic E-state index is 13.1. The van der Waals surface area contributed by atoms with Crippen molar-refractivity contribution in [3.05, 3.63) is 109 Å². The average Bonchev–Trinajstić information content (AvgIpc) is 2.74. The van der Waals surface area contributed by atoms with E-state index in [1.807, 2.05) is 60.7 Å². The second kappa shape index (κ2) is 9.32. The number of hydrogen-bond donors (Lipinski definition) is 2. The summed E-state index contributed by atoms with van der Waals surface area (Å²) in [6, 6.07) is 25.1. The van der Waals surface area contributed by atoms with E-state index in [-0.39, 0.29) is 17.3 Å². The second-order valence-corrected chi connectivity index (χ2v) is 8.18. The Balaban J connectivity index is 1.82. The summed E-state index contributed by atoms with van der Waals surface area (Å²) in [5.74, 6) is -0.669. The summed E-state index contributed by atoms with van der Waals surface area (Å²) in [6.45, 7) is 3.65. The van der Waals surface area contributed by atoms with Crippen molar-refractivity contribution in [2.24, 2.45) is 0 Å². The molecule has 148 valence electrons. The summed E-state index contributed by atoms with van der Waals surface area (Å²) in [7, 11) is -3.60. The van der Waals surface area contributed by atoms with Crippen molar-refractivity contribution in [2.45, 2.75) is 10.8 Å². The third-order valence-electron chi connectivity index (χ3n) is 4.38. The van der Waals surface area contributed by atoms with Crippen molar-refractivity contribution in [2.75, 3.05) is 11.9 Å². The van der Waals surface area contributed by atoms with Gasteiger partial charge in [-0.25, -0.2) is 13.1 Å². The van der Waals surface area contributed by atoms with Crippen LogP contribution in [-0.2, 0) is 14.8 Å². The topological polar surface area (TPSA) is 75.3 Å². The molecule has 0 heterocycles. The lowest BCUT2D eigenvalue weighted by molar-refractivity contribution is -0.116. The first-order valence-corrected chi connectivity index (χ1v) is 10.6. The van der Waals surface area contributed by atoms with Gasteiger partial charge in [0.15, 0.2) is 0 Å². The lowest BCUT2D eigenvalue weighted by Crippen LogP contribution is -2.24. The van der Waals surface area contributed by atoms with Gasteiger partial charge >= 0.3 is 0 Å². The molecule has 2 N–H and O–H groups in total. The predicted molar refractivity (Wildman–Crippen MR) is 115 cm³/mol. The van der Waals surface area contributed by atoms with Crippen LogP contribution in [0.2, 0.25) is 0 Å².